The molecule has 1 amide bonds. The van der Waals surface area contributed by atoms with Gasteiger partial charge in [-0.25, -0.2) is 0 Å². The van der Waals surface area contributed by atoms with Crippen LogP contribution in [0.5, 0.6) is 0 Å². The number of nitrogens with zero attached hydrogens (tertiary/aromatic N) is 2. The van der Waals surface area contributed by atoms with Gasteiger partial charge in [-0.05, 0) is 13.3 Å². The van der Waals surface area contributed by atoms with Gasteiger partial charge in [0.05, 0.1) is 24.1 Å². The van der Waals surface area contributed by atoms with Gasteiger partial charge in [0.2, 0.25) is 5.91 Å². The average Bonchev–Trinajstić information content (AvgIpc) is 3.35. The van der Waals surface area contributed by atoms with E-state index in [0.29, 0.717) is 24.2 Å². The third-order valence-electron chi connectivity index (χ3n) is 3.80. The van der Waals surface area contributed by atoms with E-state index in [1.54, 1.807) is 24.5 Å². The molecule has 1 aliphatic rings. The Morgan fingerprint density at radius 1 is 1.14 bits per heavy atom. The number of aromatic nitrogens is 2. The number of ketones is 1. The van der Waals surface area contributed by atoms with Gasteiger partial charge < -0.3 is 5.32 Å². The topological polar surface area (TPSA) is 72.0 Å². The predicted molar refractivity (Wildman–Crippen MR) is 81.0 cm³/mol. The summed E-state index contributed by atoms with van der Waals surface area (Å²) in [4.78, 5) is 32.6. The zero-order valence-corrected chi connectivity index (χ0v) is 12.3. The molecule has 0 saturated heterocycles. The van der Waals surface area contributed by atoms with Crippen LogP contribution in [0, 0.1) is 18.8 Å². The van der Waals surface area contributed by atoms with Gasteiger partial charge in [0.1, 0.15) is 0 Å². The number of carbonyl (C=O) groups excluding carboxylic acids is 2. The van der Waals surface area contributed by atoms with Crippen molar-refractivity contribution in [1.82, 2.24) is 15.3 Å². The minimum Gasteiger partial charge on any atom is -0.350 e. The predicted octanol–water partition coefficient (Wildman–Crippen LogP) is 1.92. The van der Waals surface area contributed by atoms with Crippen molar-refractivity contribution < 1.29 is 9.59 Å². The lowest BCUT2D eigenvalue weighted by atomic mass is 10.1. The van der Waals surface area contributed by atoms with E-state index in [2.05, 4.69) is 15.3 Å². The number of hydrogen-bond acceptors (Lipinski definition) is 4. The van der Waals surface area contributed by atoms with E-state index in [0.717, 1.165) is 5.69 Å². The number of aryl methyl sites for hydroxylation is 1. The summed E-state index contributed by atoms with van der Waals surface area (Å²) in [6, 6.07) is 9.12. The summed E-state index contributed by atoms with van der Waals surface area (Å²) in [6.07, 6.45) is 3.94. The highest BCUT2D eigenvalue weighted by atomic mass is 16.2. The molecule has 2 aromatic rings. The number of carbonyl (C=O) groups is 2. The van der Waals surface area contributed by atoms with Crippen molar-refractivity contribution in [2.75, 3.05) is 0 Å². The molecule has 2 atom stereocenters. The maximum Gasteiger partial charge on any atom is 0.224 e. The lowest BCUT2D eigenvalue weighted by molar-refractivity contribution is -0.122. The standard InChI is InChI=1S/C17H17N3O2/c1-11-8-19-13(9-18-11)10-20-17(22)15-7-14(15)16(21)12-5-3-2-4-6-12/h2-6,8-9,14-15H,7,10H2,1H3,(H,20,22)/t14-,15+/m0/s1. The molecule has 0 aliphatic heterocycles. The Morgan fingerprint density at radius 3 is 2.59 bits per heavy atom. The minimum atomic E-state index is -0.217. The van der Waals surface area contributed by atoms with Crippen LogP contribution in [0.25, 0.3) is 0 Å². The molecule has 5 nitrogen and oxygen atoms in total. The fourth-order valence-electron chi connectivity index (χ4n) is 2.41. The lowest BCUT2D eigenvalue weighted by Crippen LogP contribution is -2.26. The van der Waals surface area contributed by atoms with Crippen molar-refractivity contribution in [3.05, 3.63) is 59.7 Å². The third-order valence-corrected chi connectivity index (χ3v) is 3.80. The van der Waals surface area contributed by atoms with Crippen molar-refractivity contribution >= 4 is 11.7 Å². The largest absolute Gasteiger partial charge is 0.350 e. The Hall–Kier alpha value is -2.56. The molecule has 0 unspecified atom stereocenters. The highest BCUT2D eigenvalue weighted by Crippen LogP contribution is 2.41. The molecule has 1 fully saturated rings. The summed E-state index contributed by atoms with van der Waals surface area (Å²) in [5, 5.41) is 2.82. The highest BCUT2D eigenvalue weighted by Gasteiger charge is 2.47. The molecule has 1 aromatic heterocycles. The summed E-state index contributed by atoms with van der Waals surface area (Å²) in [5.41, 5.74) is 2.23. The molecule has 112 valence electrons. The first-order chi connectivity index (χ1) is 10.6. The third kappa shape index (κ3) is 3.19. The van der Waals surface area contributed by atoms with Crippen molar-refractivity contribution in [3.63, 3.8) is 0 Å². The van der Waals surface area contributed by atoms with Crippen LogP contribution in [-0.4, -0.2) is 21.7 Å². The van der Waals surface area contributed by atoms with Crippen molar-refractivity contribution in [2.24, 2.45) is 11.8 Å². The van der Waals surface area contributed by atoms with Crippen LogP contribution < -0.4 is 5.32 Å². The van der Waals surface area contributed by atoms with Crippen LogP contribution >= 0.6 is 0 Å². The zero-order valence-electron chi connectivity index (χ0n) is 12.3. The van der Waals surface area contributed by atoms with Gasteiger partial charge in [0.25, 0.3) is 0 Å². The van der Waals surface area contributed by atoms with E-state index in [4.69, 9.17) is 0 Å². The van der Waals surface area contributed by atoms with Crippen LogP contribution in [0.15, 0.2) is 42.7 Å². The summed E-state index contributed by atoms with van der Waals surface area (Å²) < 4.78 is 0. The number of rotatable bonds is 5. The number of nitrogens with one attached hydrogen (secondary N) is 1. The van der Waals surface area contributed by atoms with Gasteiger partial charge in [0.15, 0.2) is 5.78 Å². The molecule has 22 heavy (non-hydrogen) atoms. The number of amides is 1. The van der Waals surface area contributed by atoms with Gasteiger partial charge in [-0.3, -0.25) is 19.6 Å². The van der Waals surface area contributed by atoms with Crippen molar-refractivity contribution in [3.8, 4) is 0 Å². The van der Waals surface area contributed by atoms with Crippen LogP contribution in [-0.2, 0) is 11.3 Å². The Morgan fingerprint density at radius 2 is 1.91 bits per heavy atom. The van der Waals surface area contributed by atoms with Crippen LogP contribution in [0.2, 0.25) is 0 Å². The van der Waals surface area contributed by atoms with Gasteiger partial charge in [-0.15, -0.1) is 0 Å². The second-order valence-electron chi connectivity index (χ2n) is 5.55. The Bertz CT molecular complexity index is 683. The fraction of sp³-hybridized carbons (Fsp3) is 0.294. The van der Waals surface area contributed by atoms with Crippen LogP contribution in [0.1, 0.15) is 28.2 Å². The maximum atomic E-state index is 12.2. The van der Waals surface area contributed by atoms with Gasteiger partial charge in [-0.2, -0.15) is 0 Å². The van der Waals surface area contributed by atoms with E-state index in [1.165, 1.54) is 0 Å². The molecule has 1 heterocycles. The normalized spacial score (nSPS) is 19.5. The van der Waals surface area contributed by atoms with Crippen LogP contribution in [0.4, 0.5) is 0 Å². The SMILES string of the molecule is Cc1cnc(CNC(=O)[C@@H]2C[C@@H]2C(=O)c2ccccc2)cn1. The first-order valence-corrected chi connectivity index (χ1v) is 7.29. The van der Waals surface area contributed by atoms with Crippen LogP contribution in [0.3, 0.4) is 0 Å². The molecule has 0 radical (unpaired) electrons. The lowest BCUT2D eigenvalue weighted by Gasteiger charge is -2.04. The molecule has 5 heteroatoms. The van der Waals surface area contributed by atoms with E-state index in [9.17, 15) is 9.59 Å². The Balaban J connectivity index is 1.52. The summed E-state index contributed by atoms with van der Waals surface area (Å²) in [5.74, 6) is -0.440. The van der Waals surface area contributed by atoms with E-state index >= 15 is 0 Å². The molecule has 1 N–H and O–H groups in total. The van der Waals surface area contributed by atoms with Crippen molar-refractivity contribution in [1.29, 1.82) is 0 Å². The summed E-state index contributed by atoms with van der Waals surface area (Å²) in [7, 11) is 0. The molecular weight excluding hydrogens is 278 g/mol. The Kier molecular flexibility index (Phi) is 3.96. The second kappa shape index (κ2) is 6.05. The van der Waals surface area contributed by atoms with Gasteiger partial charge in [0, 0.05) is 23.6 Å². The van der Waals surface area contributed by atoms with Gasteiger partial charge >= 0.3 is 0 Å². The quantitative estimate of drug-likeness (QED) is 0.855. The fourth-order valence-corrected chi connectivity index (χ4v) is 2.41. The molecule has 3 rings (SSSR count). The molecule has 1 aliphatic carbocycles. The molecule has 0 spiro atoms. The van der Waals surface area contributed by atoms with E-state index < -0.39 is 0 Å². The molecule has 1 saturated carbocycles. The highest BCUT2D eigenvalue weighted by molar-refractivity contribution is 6.03. The molecular formula is C17H17N3O2. The molecule has 0 bridgehead atoms. The smallest absolute Gasteiger partial charge is 0.224 e. The zero-order chi connectivity index (χ0) is 15.5. The average molecular weight is 295 g/mol. The maximum absolute atomic E-state index is 12.2. The van der Waals surface area contributed by atoms with Crippen molar-refractivity contribution in [2.45, 2.75) is 19.9 Å². The summed E-state index contributed by atoms with van der Waals surface area (Å²) >= 11 is 0. The monoisotopic (exact) mass is 295 g/mol. The second-order valence-corrected chi connectivity index (χ2v) is 5.55. The minimum absolute atomic E-state index is 0.0517. The first-order valence-electron chi connectivity index (χ1n) is 7.29. The number of benzene rings is 1. The number of Topliss-reactive ketones (excluding diaryl/α,β-unsaturated/α-hetero) is 1. The van der Waals surface area contributed by atoms with E-state index in [-0.39, 0.29) is 23.5 Å². The van der Waals surface area contributed by atoms with Gasteiger partial charge in [-0.1, -0.05) is 30.3 Å². The Labute approximate surface area is 128 Å². The molecule has 1 aromatic carbocycles. The van der Waals surface area contributed by atoms with E-state index in [1.807, 2.05) is 25.1 Å². The number of hydrogen-bond donors (Lipinski definition) is 1. The summed E-state index contributed by atoms with van der Waals surface area (Å²) in [6.45, 7) is 2.20. The first kappa shape index (κ1) is 14.4.